The fourth-order valence-electron chi connectivity index (χ4n) is 1.12. The van der Waals surface area contributed by atoms with Gasteiger partial charge >= 0.3 is 6.36 Å². The zero-order valence-electron chi connectivity index (χ0n) is 9.79. The molecule has 110 valence electrons. The number of nitrogens with zero attached hydrogens (tertiary/aromatic N) is 1. The first-order chi connectivity index (χ1) is 9.05. The summed E-state index contributed by atoms with van der Waals surface area (Å²) in [6.07, 6.45) is -5.35. The van der Waals surface area contributed by atoms with Crippen molar-refractivity contribution in [3.63, 3.8) is 0 Å². The van der Waals surface area contributed by atoms with E-state index in [1.807, 2.05) is 0 Å². The van der Waals surface area contributed by atoms with Crippen molar-refractivity contribution in [2.75, 3.05) is 0 Å². The third-order valence-corrected chi connectivity index (χ3v) is 3.55. The predicted molar refractivity (Wildman–Crippen MR) is 60.9 cm³/mol. The Labute approximate surface area is 112 Å². The van der Waals surface area contributed by atoms with Gasteiger partial charge < -0.3 is 5.73 Å². The minimum Gasteiger partial charge on any atom is -0.364 e. The topological polar surface area (TPSA) is 89.7 Å². The molecule has 0 aromatic heterocycles. The number of carbonyl (C=O) groups is 1. The van der Waals surface area contributed by atoms with Crippen LogP contribution in [0, 0.1) is 0 Å². The number of alkyl halides is 3. The summed E-state index contributed by atoms with van der Waals surface area (Å²) < 4.78 is 60.1. The van der Waals surface area contributed by atoms with Crippen LogP contribution in [0.4, 0.5) is 13.2 Å². The van der Waals surface area contributed by atoms with Crippen LogP contribution >= 0.6 is 0 Å². The predicted octanol–water partition coefficient (Wildman–Crippen LogP) is 1.13. The molecule has 0 radical (unpaired) electrons. The molecule has 0 heterocycles. The molecule has 1 amide bonds. The van der Waals surface area contributed by atoms with Crippen LogP contribution in [0.5, 0.6) is 0 Å². The lowest BCUT2D eigenvalue weighted by atomic mass is 10.4. The van der Waals surface area contributed by atoms with Crippen LogP contribution in [-0.2, 0) is 19.7 Å². The SMILES string of the molecule is C=C(C(N)=O)N(OC(F)(F)F)S(=O)(=O)c1ccccc1. The van der Waals surface area contributed by atoms with Gasteiger partial charge in [0.1, 0.15) is 5.70 Å². The summed E-state index contributed by atoms with van der Waals surface area (Å²) in [6, 6.07) is 6.07. The Morgan fingerprint density at radius 3 is 2.15 bits per heavy atom. The lowest BCUT2D eigenvalue weighted by Crippen LogP contribution is -2.39. The van der Waals surface area contributed by atoms with E-state index in [2.05, 4.69) is 11.4 Å². The second-order valence-electron chi connectivity index (χ2n) is 3.39. The van der Waals surface area contributed by atoms with Crippen LogP contribution in [-0.4, -0.2) is 25.2 Å². The van der Waals surface area contributed by atoms with Gasteiger partial charge in [-0.05, 0) is 12.1 Å². The summed E-state index contributed by atoms with van der Waals surface area (Å²) in [7, 11) is -4.79. The van der Waals surface area contributed by atoms with Crippen molar-refractivity contribution in [1.29, 1.82) is 0 Å². The Kier molecular flexibility index (Phi) is 4.40. The van der Waals surface area contributed by atoms with E-state index < -0.39 is 37.4 Å². The highest BCUT2D eigenvalue weighted by atomic mass is 32.2. The Bertz CT molecular complexity index is 613. The van der Waals surface area contributed by atoms with Crippen LogP contribution in [0.2, 0.25) is 0 Å². The normalized spacial score (nSPS) is 11.9. The largest absolute Gasteiger partial charge is 0.544 e. The third-order valence-electron chi connectivity index (χ3n) is 1.95. The Morgan fingerprint density at radius 1 is 1.25 bits per heavy atom. The van der Waals surface area contributed by atoms with E-state index in [-0.39, 0.29) is 0 Å². The van der Waals surface area contributed by atoms with Crippen LogP contribution in [0.3, 0.4) is 0 Å². The second kappa shape index (κ2) is 5.51. The number of benzene rings is 1. The quantitative estimate of drug-likeness (QED) is 0.652. The Hall–Kier alpha value is -2.07. The van der Waals surface area contributed by atoms with Crippen molar-refractivity contribution in [3.05, 3.63) is 42.6 Å². The molecular weight excluding hydrogens is 301 g/mol. The highest BCUT2D eigenvalue weighted by Crippen LogP contribution is 2.26. The smallest absolute Gasteiger partial charge is 0.364 e. The zero-order chi connectivity index (χ0) is 15.6. The minimum absolute atomic E-state index is 0.522. The molecule has 6 nitrogen and oxygen atoms in total. The number of hydrogen-bond donors (Lipinski definition) is 1. The molecular formula is C10H9F3N2O4S. The average Bonchev–Trinajstić information content (AvgIpc) is 2.35. The van der Waals surface area contributed by atoms with E-state index in [1.54, 1.807) is 0 Å². The monoisotopic (exact) mass is 310 g/mol. The average molecular weight is 310 g/mol. The first-order valence-corrected chi connectivity index (χ1v) is 6.34. The minimum atomic E-state index is -5.35. The number of amides is 1. The summed E-state index contributed by atoms with van der Waals surface area (Å²) in [5.74, 6) is -1.48. The lowest BCUT2D eigenvalue weighted by molar-refractivity contribution is -0.381. The third kappa shape index (κ3) is 3.71. The maximum absolute atomic E-state index is 12.3. The molecule has 1 rings (SSSR count). The summed E-state index contributed by atoms with van der Waals surface area (Å²) in [6.45, 7) is 2.88. The van der Waals surface area contributed by atoms with E-state index in [1.165, 1.54) is 18.2 Å². The number of rotatable bonds is 5. The van der Waals surface area contributed by atoms with Gasteiger partial charge in [-0.15, -0.1) is 17.6 Å². The first kappa shape index (κ1) is 16.0. The molecule has 0 aliphatic heterocycles. The first-order valence-electron chi connectivity index (χ1n) is 4.90. The molecule has 0 atom stereocenters. The number of nitrogens with two attached hydrogens (primary N) is 1. The van der Waals surface area contributed by atoms with Crippen molar-refractivity contribution in [2.45, 2.75) is 11.3 Å². The van der Waals surface area contributed by atoms with Crippen LogP contribution in [0.15, 0.2) is 47.5 Å². The molecule has 0 aliphatic carbocycles. The van der Waals surface area contributed by atoms with Gasteiger partial charge in [0, 0.05) is 0 Å². The number of primary amides is 1. The zero-order valence-corrected chi connectivity index (χ0v) is 10.6. The van der Waals surface area contributed by atoms with E-state index in [0.717, 1.165) is 12.1 Å². The molecule has 1 aromatic rings. The number of halogens is 3. The molecule has 0 bridgehead atoms. The van der Waals surface area contributed by atoms with Crippen LogP contribution < -0.4 is 5.73 Å². The molecule has 0 unspecified atom stereocenters. The van der Waals surface area contributed by atoms with Gasteiger partial charge in [-0.1, -0.05) is 24.8 Å². The maximum Gasteiger partial charge on any atom is 0.544 e. The Morgan fingerprint density at radius 2 is 1.75 bits per heavy atom. The van der Waals surface area contributed by atoms with E-state index in [9.17, 15) is 26.4 Å². The van der Waals surface area contributed by atoms with Crippen LogP contribution in [0.1, 0.15) is 0 Å². The number of hydrogen-bond acceptors (Lipinski definition) is 4. The maximum atomic E-state index is 12.3. The molecule has 0 aliphatic rings. The molecule has 0 saturated carbocycles. The van der Waals surface area contributed by atoms with Gasteiger partial charge in [-0.3, -0.25) is 4.79 Å². The highest BCUT2D eigenvalue weighted by Gasteiger charge is 2.41. The molecule has 10 heteroatoms. The molecule has 1 aromatic carbocycles. The summed E-state index contributed by atoms with van der Waals surface area (Å²) in [5.41, 5.74) is 3.56. The second-order valence-corrected chi connectivity index (χ2v) is 5.15. The van der Waals surface area contributed by atoms with Gasteiger partial charge in [0.2, 0.25) is 0 Å². The number of hydroxylamine groups is 1. The van der Waals surface area contributed by atoms with E-state index >= 15 is 0 Å². The van der Waals surface area contributed by atoms with Crippen molar-refractivity contribution < 1.29 is 31.2 Å². The molecule has 20 heavy (non-hydrogen) atoms. The van der Waals surface area contributed by atoms with Gasteiger partial charge in [0.15, 0.2) is 0 Å². The molecule has 0 fully saturated rings. The number of sulfonamides is 1. The highest BCUT2D eigenvalue weighted by molar-refractivity contribution is 7.89. The summed E-state index contributed by atoms with van der Waals surface area (Å²) in [5, 5.41) is 0. The summed E-state index contributed by atoms with van der Waals surface area (Å²) >= 11 is 0. The van der Waals surface area contributed by atoms with E-state index in [4.69, 9.17) is 5.73 Å². The fraction of sp³-hybridized carbons (Fsp3) is 0.100. The standard InChI is InChI=1S/C10H9F3N2O4S/c1-7(9(14)16)15(19-10(11,12)13)20(17,18)8-5-3-2-4-6-8/h2-6H,1H2,(H2,14,16). The van der Waals surface area contributed by atoms with Gasteiger partial charge in [-0.2, -0.15) is 13.3 Å². The fourth-order valence-corrected chi connectivity index (χ4v) is 2.38. The van der Waals surface area contributed by atoms with E-state index in [0.29, 0.717) is 0 Å². The van der Waals surface area contributed by atoms with Crippen molar-refractivity contribution in [1.82, 2.24) is 4.47 Å². The molecule has 2 N–H and O–H groups in total. The number of carbonyl (C=O) groups excluding carboxylic acids is 1. The summed E-state index contributed by atoms with van der Waals surface area (Å²) in [4.78, 5) is 13.7. The van der Waals surface area contributed by atoms with Crippen LogP contribution in [0.25, 0.3) is 0 Å². The van der Waals surface area contributed by atoms with Gasteiger partial charge in [-0.25, -0.2) is 0 Å². The van der Waals surface area contributed by atoms with Gasteiger partial charge in [0.05, 0.1) is 4.90 Å². The van der Waals surface area contributed by atoms with Crippen molar-refractivity contribution >= 4 is 15.9 Å². The van der Waals surface area contributed by atoms with Gasteiger partial charge in [0.25, 0.3) is 15.9 Å². The Balaban J connectivity index is 3.30. The van der Waals surface area contributed by atoms with Crippen molar-refractivity contribution in [3.8, 4) is 0 Å². The lowest BCUT2D eigenvalue weighted by Gasteiger charge is -2.23. The molecule has 0 spiro atoms. The van der Waals surface area contributed by atoms with Crippen molar-refractivity contribution in [2.24, 2.45) is 5.73 Å². The molecule has 0 saturated heterocycles.